The third-order valence-corrected chi connectivity index (χ3v) is 7.45. The number of ether oxygens (including phenoxy) is 1. The van der Waals surface area contributed by atoms with E-state index in [0.29, 0.717) is 0 Å². The zero-order valence-corrected chi connectivity index (χ0v) is 24.4. The number of hydrogen-bond donors (Lipinski definition) is 1. The van der Waals surface area contributed by atoms with Gasteiger partial charge in [0.05, 0.1) is 19.1 Å². The summed E-state index contributed by atoms with van der Waals surface area (Å²) >= 11 is 6.16. The number of halogens is 2. The number of carbonyl (C=O) groups excluding carboxylic acids is 2. The molecule has 0 aliphatic carbocycles. The maximum atomic E-state index is 14.8. The van der Waals surface area contributed by atoms with Crippen LogP contribution in [0.25, 0.3) is 0 Å². The number of methoxy groups -OCH3 is 1. The highest BCUT2D eigenvalue weighted by atomic mass is 35.5. The van der Waals surface area contributed by atoms with E-state index in [2.05, 4.69) is 5.32 Å². The molecule has 0 spiro atoms. The Morgan fingerprint density at radius 2 is 1.68 bits per heavy atom. The van der Waals surface area contributed by atoms with Crippen LogP contribution in [0.1, 0.15) is 25.0 Å². The second-order valence-electron chi connectivity index (χ2n) is 9.57. The molecule has 0 bridgehead atoms. The molecule has 11 heteroatoms. The van der Waals surface area contributed by atoms with E-state index in [-0.39, 0.29) is 41.0 Å². The number of anilines is 1. The Labute approximate surface area is 239 Å². The highest BCUT2D eigenvalue weighted by Crippen LogP contribution is 2.33. The number of carbonyl (C=O) groups is 2. The predicted molar refractivity (Wildman–Crippen MR) is 154 cm³/mol. The molecular formula is C29H33ClFN3O5S. The van der Waals surface area contributed by atoms with Crippen molar-refractivity contribution in [3.8, 4) is 5.75 Å². The molecule has 0 aliphatic rings. The molecule has 0 saturated carbocycles. The van der Waals surface area contributed by atoms with Crippen LogP contribution in [0, 0.1) is 5.82 Å². The minimum atomic E-state index is -4.03. The maximum absolute atomic E-state index is 14.8. The molecule has 1 N–H and O–H groups in total. The summed E-state index contributed by atoms with van der Waals surface area (Å²) in [5.41, 5.74) is 1.01. The first-order chi connectivity index (χ1) is 18.9. The van der Waals surface area contributed by atoms with Gasteiger partial charge in [0.2, 0.25) is 21.8 Å². The number of nitrogens with zero attached hydrogens (tertiary/aromatic N) is 2. The highest BCUT2D eigenvalue weighted by molar-refractivity contribution is 7.92. The van der Waals surface area contributed by atoms with Crippen molar-refractivity contribution in [1.82, 2.24) is 10.2 Å². The number of hydrogen-bond acceptors (Lipinski definition) is 5. The minimum absolute atomic E-state index is 0.0583. The summed E-state index contributed by atoms with van der Waals surface area (Å²) in [6.45, 7) is 2.64. The van der Waals surface area contributed by atoms with Gasteiger partial charge >= 0.3 is 0 Å². The number of amides is 2. The molecule has 3 aromatic rings. The monoisotopic (exact) mass is 589 g/mol. The average molecular weight is 590 g/mol. The van der Waals surface area contributed by atoms with Gasteiger partial charge in [-0.25, -0.2) is 12.8 Å². The smallest absolute Gasteiger partial charge is 0.244 e. The van der Waals surface area contributed by atoms with E-state index in [4.69, 9.17) is 16.3 Å². The normalized spacial score (nSPS) is 12.1. The van der Waals surface area contributed by atoms with Gasteiger partial charge in [0.25, 0.3) is 0 Å². The van der Waals surface area contributed by atoms with Crippen molar-refractivity contribution in [2.75, 3.05) is 24.2 Å². The minimum Gasteiger partial charge on any atom is -0.495 e. The van der Waals surface area contributed by atoms with Gasteiger partial charge in [-0.2, -0.15) is 0 Å². The zero-order valence-electron chi connectivity index (χ0n) is 22.8. The lowest BCUT2D eigenvalue weighted by atomic mass is 10.0. The number of nitrogens with one attached hydrogen (secondary N) is 1. The van der Waals surface area contributed by atoms with Crippen molar-refractivity contribution in [1.29, 1.82) is 0 Å². The summed E-state index contributed by atoms with van der Waals surface area (Å²) in [6, 6.07) is 18.1. The first-order valence-corrected chi connectivity index (χ1v) is 14.8. The van der Waals surface area contributed by atoms with Gasteiger partial charge in [0.1, 0.15) is 24.2 Å². The first-order valence-electron chi connectivity index (χ1n) is 12.6. The van der Waals surface area contributed by atoms with Crippen LogP contribution in [-0.4, -0.2) is 57.1 Å². The van der Waals surface area contributed by atoms with Crippen LogP contribution in [-0.2, 0) is 32.6 Å². The van der Waals surface area contributed by atoms with Gasteiger partial charge in [-0.15, -0.1) is 0 Å². The Hall–Kier alpha value is -3.63. The largest absolute Gasteiger partial charge is 0.495 e. The first kappa shape index (κ1) is 30.9. The van der Waals surface area contributed by atoms with E-state index >= 15 is 0 Å². The van der Waals surface area contributed by atoms with Crippen LogP contribution < -0.4 is 14.4 Å². The summed E-state index contributed by atoms with van der Waals surface area (Å²) < 4.78 is 46.9. The molecule has 2 amide bonds. The Kier molecular flexibility index (Phi) is 10.5. The molecule has 0 unspecified atom stereocenters. The third-order valence-electron chi connectivity index (χ3n) is 6.09. The SMILES string of the molecule is COc1ccc(Cl)cc1N(CC(=O)N(Cc1ccccc1F)[C@H](Cc1ccccc1)C(=O)NC(C)C)S(C)(=O)=O. The van der Waals surface area contributed by atoms with Crippen LogP contribution in [0.5, 0.6) is 5.75 Å². The maximum Gasteiger partial charge on any atom is 0.244 e. The molecule has 0 fully saturated rings. The zero-order chi connectivity index (χ0) is 29.4. The van der Waals surface area contributed by atoms with Crippen molar-refractivity contribution < 1.29 is 27.1 Å². The van der Waals surface area contributed by atoms with Gasteiger partial charge in [-0.3, -0.25) is 13.9 Å². The van der Waals surface area contributed by atoms with Crippen LogP contribution in [0.3, 0.4) is 0 Å². The van der Waals surface area contributed by atoms with E-state index in [9.17, 15) is 22.4 Å². The summed E-state index contributed by atoms with van der Waals surface area (Å²) in [7, 11) is -2.66. The fraction of sp³-hybridized carbons (Fsp3) is 0.310. The lowest BCUT2D eigenvalue weighted by Gasteiger charge is -2.34. The molecule has 3 rings (SSSR count). The fourth-order valence-electron chi connectivity index (χ4n) is 4.20. The molecule has 0 radical (unpaired) electrons. The Morgan fingerprint density at radius 3 is 2.27 bits per heavy atom. The van der Waals surface area contributed by atoms with Crippen molar-refractivity contribution in [2.45, 2.75) is 38.9 Å². The number of rotatable bonds is 12. The average Bonchev–Trinajstić information content (AvgIpc) is 2.89. The summed E-state index contributed by atoms with van der Waals surface area (Å²) in [5.74, 6) is -1.54. The second-order valence-corrected chi connectivity index (χ2v) is 11.9. The molecule has 0 saturated heterocycles. The van der Waals surface area contributed by atoms with Gasteiger partial charge in [-0.05, 0) is 43.7 Å². The fourth-order valence-corrected chi connectivity index (χ4v) is 5.21. The topological polar surface area (TPSA) is 96.0 Å². The Bertz CT molecular complexity index is 1440. The molecule has 1 atom stereocenters. The number of benzene rings is 3. The van der Waals surface area contributed by atoms with Gasteiger partial charge in [-0.1, -0.05) is 60.1 Å². The highest BCUT2D eigenvalue weighted by Gasteiger charge is 2.34. The van der Waals surface area contributed by atoms with E-state index in [1.165, 1.54) is 48.4 Å². The van der Waals surface area contributed by atoms with E-state index in [0.717, 1.165) is 16.1 Å². The molecule has 214 valence electrons. The summed E-state index contributed by atoms with van der Waals surface area (Å²) in [4.78, 5) is 28.8. The van der Waals surface area contributed by atoms with Crippen LogP contribution >= 0.6 is 11.6 Å². The van der Waals surface area contributed by atoms with Crippen molar-refractivity contribution in [3.05, 3.63) is 94.8 Å². The molecule has 40 heavy (non-hydrogen) atoms. The third kappa shape index (κ3) is 8.19. The van der Waals surface area contributed by atoms with Crippen molar-refractivity contribution in [2.24, 2.45) is 0 Å². The quantitative estimate of drug-likeness (QED) is 0.337. The standard InChI is InChI=1S/C29H33ClFN3O5S/c1-20(2)32-29(36)26(16-21-10-6-5-7-11-21)33(18-22-12-8-9-13-24(22)31)28(35)19-34(40(4,37)38)25-17-23(30)14-15-27(25)39-3/h5-15,17,20,26H,16,18-19H2,1-4H3,(H,32,36)/t26-/m1/s1. The molecule has 8 nitrogen and oxygen atoms in total. The second kappa shape index (κ2) is 13.6. The van der Waals surface area contributed by atoms with Crippen LogP contribution in [0.2, 0.25) is 5.02 Å². The molecule has 3 aromatic carbocycles. The van der Waals surface area contributed by atoms with E-state index < -0.39 is 40.2 Å². The van der Waals surface area contributed by atoms with Gasteiger partial charge < -0.3 is 15.0 Å². The summed E-state index contributed by atoms with van der Waals surface area (Å²) in [6.07, 6.45) is 1.08. The molecule has 0 heterocycles. The van der Waals surface area contributed by atoms with Crippen LogP contribution in [0.15, 0.2) is 72.8 Å². The van der Waals surface area contributed by atoms with E-state index in [1.54, 1.807) is 19.9 Å². The van der Waals surface area contributed by atoms with E-state index in [1.807, 2.05) is 30.3 Å². The predicted octanol–water partition coefficient (Wildman–Crippen LogP) is 4.42. The van der Waals surface area contributed by atoms with Gasteiger partial charge in [0, 0.05) is 29.6 Å². The van der Waals surface area contributed by atoms with Crippen molar-refractivity contribution >= 4 is 39.1 Å². The summed E-state index contributed by atoms with van der Waals surface area (Å²) in [5, 5.41) is 3.08. The molecule has 0 aromatic heterocycles. The Morgan fingerprint density at radius 1 is 1.02 bits per heavy atom. The van der Waals surface area contributed by atoms with Gasteiger partial charge in [0.15, 0.2) is 0 Å². The van der Waals surface area contributed by atoms with Crippen LogP contribution in [0.4, 0.5) is 10.1 Å². The lowest BCUT2D eigenvalue weighted by Crippen LogP contribution is -2.54. The molecular weight excluding hydrogens is 557 g/mol. The van der Waals surface area contributed by atoms with Crippen molar-refractivity contribution in [3.63, 3.8) is 0 Å². The number of sulfonamides is 1. The lowest BCUT2D eigenvalue weighted by molar-refractivity contribution is -0.140. The molecule has 0 aliphatic heterocycles. The Balaban J connectivity index is 2.11.